The van der Waals surface area contributed by atoms with Crippen molar-refractivity contribution in [3.8, 4) is 0 Å². The molecule has 0 bridgehead atoms. The molecule has 0 atom stereocenters. The Morgan fingerprint density at radius 2 is 0.833 bits per heavy atom. The van der Waals surface area contributed by atoms with Crippen LogP contribution in [0.5, 0.6) is 0 Å². The molecule has 5 aromatic carbocycles. The number of carboxylic acid groups (broad SMARTS) is 2. The van der Waals surface area contributed by atoms with E-state index in [9.17, 15) is 29.4 Å². The summed E-state index contributed by atoms with van der Waals surface area (Å²) >= 11 is 0. The number of benzene rings is 5. The first-order valence-corrected chi connectivity index (χ1v) is 14.5. The molecule has 0 heterocycles. The fourth-order valence-electron chi connectivity index (χ4n) is 5.97. The molecule has 2 amide bonds. The van der Waals surface area contributed by atoms with Crippen LogP contribution < -0.4 is 10.6 Å². The highest BCUT2D eigenvalue weighted by Crippen LogP contribution is 2.44. The first-order valence-electron chi connectivity index (χ1n) is 14.5. The number of nitrogens with one attached hydrogen (secondary N) is 2. The molecule has 0 aliphatic rings. The van der Waals surface area contributed by atoms with Gasteiger partial charge in [0.2, 0.25) is 0 Å². The van der Waals surface area contributed by atoms with Crippen molar-refractivity contribution in [2.45, 2.75) is 52.4 Å². The van der Waals surface area contributed by atoms with Gasteiger partial charge in [0.15, 0.2) is 0 Å². The van der Waals surface area contributed by atoms with E-state index in [0.717, 1.165) is 38.5 Å². The zero-order chi connectivity index (χ0) is 30.0. The molecule has 4 N–H and O–H groups in total. The zero-order valence-corrected chi connectivity index (χ0v) is 23.8. The minimum Gasteiger partial charge on any atom is -0.478 e. The number of rotatable bonds is 12. The maximum atomic E-state index is 13.5. The third-order valence-corrected chi connectivity index (χ3v) is 7.98. The standard InChI is InChI=1S/C34H34N2O6/c1-3-5-7-17-35-31(37)23-13-9-19-21-11-15-25(33(39)40)30-26(34(41)42)16-12-22(28(21)30)20-10-14-24(29(23)27(19)20)32(38)36-18-8-6-4-2/h9-16H,3-8,17-18H2,1-2H3,(H,35,37)(H,36,38)(H,39,40)(H,41,42). The monoisotopic (exact) mass is 566 g/mol. The third kappa shape index (κ3) is 4.98. The van der Waals surface area contributed by atoms with Crippen molar-refractivity contribution in [2.75, 3.05) is 13.1 Å². The Morgan fingerprint density at radius 3 is 1.17 bits per heavy atom. The SMILES string of the molecule is CCCCCNC(=O)c1ccc2c3ccc(C(=O)O)c4c(C(=O)O)ccc(c5ccc(C(=O)NCCCCC)c1c25)c43. The van der Waals surface area contributed by atoms with Gasteiger partial charge in [-0.05, 0) is 69.4 Å². The molecule has 0 aromatic heterocycles. The number of fused-ring (bicyclic) bond motifs is 2. The summed E-state index contributed by atoms with van der Waals surface area (Å²) in [5.41, 5.74) is 0.572. The van der Waals surface area contributed by atoms with Crippen molar-refractivity contribution in [1.82, 2.24) is 10.6 Å². The predicted molar refractivity (Wildman–Crippen MR) is 165 cm³/mol. The van der Waals surface area contributed by atoms with Gasteiger partial charge >= 0.3 is 11.9 Å². The summed E-state index contributed by atoms with van der Waals surface area (Å²) in [6.45, 7) is 5.23. The largest absolute Gasteiger partial charge is 0.478 e. The number of unbranched alkanes of at least 4 members (excludes halogenated alkanes) is 4. The smallest absolute Gasteiger partial charge is 0.336 e. The molecule has 0 aliphatic heterocycles. The minimum atomic E-state index is -1.22. The number of hydrogen-bond acceptors (Lipinski definition) is 4. The van der Waals surface area contributed by atoms with Crippen LogP contribution in [0.1, 0.15) is 93.8 Å². The number of carbonyl (C=O) groups excluding carboxylic acids is 2. The van der Waals surface area contributed by atoms with Gasteiger partial charge in [-0.2, -0.15) is 0 Å². The molecule has 0 unspecified atom stereocenters. The van der Waals surface area contributed by atoms with E-state index in [-0.39, 0.29) is 28.3 Å². The van der Waals surface area contributed by atoms with E-state index < -0.39 is 11.9 Å². The van der Waals surface area contributed by atoms with Gasteiger partial charge < -0.3 is 20.8 Å². The fourth-order valence-corrected chi connectivity index (χ4v) is 5.97. The van der Waals surface area contributed by atoms with Gasteiger partial charge in [0.1, 0.15) is 0 Å². The van der Waals surface area contributed by atoms with Crippen LogP contribution in [0.15, 0.2) is 48.5 Å². The second-order valence-electron chi connectivity index (χ2n) is 10.7. The van der Waals surface area contributed by atoms with Crippen molar-refractivity contribution in [1.29, 1.82) is 0 Å². The van der Waals surface area contributed by atoms with Gasteiger partial charge in [-0.3, -0.25) is 9.59 Å². The molecule has 5 aromatic rings. The van der Waals surface area contributed by atoms with Gasteiger partial charge in [0, 0.05) is 35.0 Å². The van der Waals surface area contributed by atoms with Gasteiger partial charge in [-0.15, -0.1) is 0 Å². The van der Waals surface area contributed by atoms with Crippen LogP contribution in [0, 0.1) is 0 Å². The zero-order valence-electron chi connectivity index (χ0n) is 23.8. The maximum Gasteiger partial charge on any atom is 0.336 e. The Bertz CT molecular complexity index is 1730. The van der Waals surface area contributed by atoms with E-state index >= 15 is 0 Å². The Hall–Kier alpha value is -4.72. The lowest BCUT2D eigenvalue weighted by atomic mass is 9.84. The van der Waals surface area contributed by atoms with Crippen LogP contribution in [0.2, 0.25) is 0 Å². The summed E-state index contributed by atoms with van der Waals surface area (Å²) in [5.74, 6) is -2.98. The summed E-state index contributed by atoms with van der Waals surface area (Å²) in [4.78, 5) is 51.4. The Morgan fingerprint density at radius 1 is 0.500 bits per heavy atom. The van der Waals surface area contributed by atoms with Crippen molar-refractivity contribution in [3.63, 3.8) is 0 Å². The van der Waals surface area contributed by atoms with Crippen molar-refractivity contribution in [3.05, 3.63) is 70.8 Å². The Labute approximate surface area is 243 Å². The number of amides is 2. The molecule has 5 rings (SSSR count). The summed E-state index contributed by atoms with van der Waals surface area (Å²) in [7, 11) is 0. The van der Waals surface area contributed by atoms with Crippen LogP contribution in [-0.2, 0) is 0 Å². The quantitative estimate of drug-likeness (QED) is 0.0732. The van der Waals surface area contributed by atoms with Crippen molar-refractivity contribution < 1.29 is 29.4 Å². The average Bonchev–Trinajstić information content (AvgIpc) is 2.98. The summed E-state index contributed by atoms with van der Waals surface area (Å²) in [6.07, 6.45) is 5.73. The van der Waals surface area contributed by atoms with Crippen molar-refractivity contribution >= 4 is 66.8 Å². The van der Waals surface area contributed by atoms with E-state index in [1.807, 2.05) is 0 Å². The Balaban J connectivity index is 1.83. The molecule has 0 radical (unpaired) electrons. The van der Waals surface area contributed by atoms with E-state index in [1.54, 1.807) is 36.4 Å². The topological polar surface area (TPSA) is 133 Å². The minimum absolute atomic E-state index is 0.0983. The first-order chi connectivity index (χ1) is 20.3. The van der Waals surface area contributed by atoms with Crippen molar-refractivity contribution in [2.24, 2.45) is 0 Å². The molecular weight excluding hydrogens is 532 g/mol. The van der Waals surface area contributed by atoms with E-state index in [2.05, 4.69) is 24.5 Å². The van der Waals surface area contributed by atoms with Crippen LogP contribution in [-0.4, -0.2) is 47.1 Å². The van der Waals surface area contributed by atoms with Crippen LogP contribution in [0.4, 0.5) is 0 Å². The maximum absolute atomic E-state index is 13.5. The molecule has 0 fully saturated rings. The second kappa shape index (κ2) is 12.0. The molecule has 0 aliphatic carbocycles. The lowest BCUT2D eigenvalue weighted by molar-refractivity contribution is 0.0695. The summed E-state index contributed by atoms with van der Waals surface area (Å²) in [6, 6.07) is 13.2. The number of carbonyl (C=O) groups is 4. The van der Waals surface area contributed by atoms with Gasteiger partial charge in [0.05, 0.1) is 11.1 Å². The van der Waals surface area contributed by atoms with Crippen LogP contribution in [0.25, 0.3) is 43.1 Å². The first kappa shape index (κ1) is 28.8. The van der Waals surface area contributed by atoms with E-state index in [1.165, 1.54) is 12.1 Å². The summed E-state index contributed by atoms with van der Waals surface area (Å²) < 4.78 is 0. The number of carboxylic acids is 2. The lowest BCUT2D eigenvalue weighted by Crippen LogP contribution is -2.27. The molecule has 216 valence electrons. The predicted octanol–water partition coefficient (Wildman–Crippen LogP) is 6.97. The summed E-state index contributed by atoms with van der Waals surface area (Å²) in [5, 5.41) is 30.5. The second-order valence-corrected chi connectivity index (χ2v) is 10.7. The highest BCUT2D eigenvalue weighted by molar-refractivity contribution is 6.38. The van der Waals surface area contributed by atoms with Gasteiger partial charge in [-0.1, -0.05) is 63.8 Å². The van der Waals surface area contributed by atoms with Crippen LogP contribution in [0.3, 0.4) is 0 Å². The Kier molecular flexibility index (Phi) is 8.24. The number of hydrogen-bond donors (Lipinski definition) is 4. The molecule has 0 saturated carbocycles. The lowest BCUT2D eigenvalue weighted by Gasteiger charge is -2.20. The molecule has 0 saturated heterocycles. The third-order valence-electron chi connectivity index (χ3n) is 7.98. The molecule has 42 heavy (non-hydrogen) atoms. The number of aromatic carboxylic acids is 2. The molecular formula is C34H34N2O6. The normalized spacial score (nSPS) is 11.5. The highest BCUT2D eigenvalue weighted by atomic mass is 16.4. The fraction of sp³-hybridized carbons (Fsp3) is 0.294. The molecule has 8 heteroatoms. The average molecular weight is 567 g/mol. The molecule has 8 nitrogen and oxygen atoms in total. The van der Waals surface area contributed by atoms with E-state index in [4.69, 9.17) is 0 Å². The highest BCUT2D eigenvalue weighted by Gasteiger charge is 2.25. The van der Waals surface area contributed by atoms with E-state index in [0.29, 0.717) is 61.9 Å². The van der Waals surface area contributed by atoms with Crippen LogP contribution >= 0.6 is 0 Å². The van der Waals surface area contributed by atoms with Gasteiger partial charge in [-0.25, -0.2) is 9.59 Å². The van der Waals surface area contributed by atoms with Gasteiger partial charge in [0.25, 0.3) is 11.8 Å². The molecule has 0 spiro atoms.